The second kappa shape index (κ2) is 5.46. The van der Waals surface area contributed by atoms with Gasteiger partial charge in [-0.15, -0.1) is 0 Å². The molecule has 0 saturated carbocycles. The van der Waals surface area contributed by atoms with Gasteiger partial charge in [-0.3, -0.25) is 4.98 Å². The molecule has 0 aliphatic heterocycles. The zero-order chi connectivity index (χ0) is 13.1. The van der Waals surface area contributed by atoms with Crippen LogP contribution in [-0.2, 0) is 0 Å². The summed E-state index contributed by atoms with van der Waals surface area (Å²) >= 11 is 5.69. The van der Waals surface area contributed by atoms with E-state index < -0.39 is 5.82 Å². The molecule has 4 heteroatoms. The molecule has 1 heterocycles. The summed E-state index contributed by atoms with van der Waals surface area (Å²) < 4.78 is 13.5. The Balaban J connectivity index is 2.38. The van der Waals surface area contributed by atoms with Crippen LogP contribution >= 0.6 is 11.6 Å². The lowest BCUT2D eigenvalue weighted by Gasteiger charge is -2.17. The predicted molar refractivity (Wildman–Crippen MR) is 71.3 cm³/mol. The van der Waals surface area contributed by atoms with Crippen LogP contribution in [0.4, 0.5) is 4.39 Å². The first-order valence-electron chi connectivity index (χ1n) is 5.66. The normalized spacial score (nSPS) is 12.4. The number of halogens is 2. The van der Waals surface area contributed by atoms with E-state index in [1.54, 1.807) is 12.3 Å². The van der Waals surface area contributed by atoms with Crippen molar-refractivity contribution in [2.75, 3.05) is 7.05 Å². The van der Waals surface area contributed by atoms with Gasteiger partial charge in [0.25, 0.3) is 0 Å². The van der Waals surface area contributed by atoms with E-state index in [0.717, 1.165) is 16.8 Å². The highest BCUT2D eigenvalue weighted by Gasteiger charge is 2.13. The average Bonchev–Trinajstić information content (AvgIpc) is 2.37. The highest BCUT2D eigenvalue weighted by atomic mass is 35.5. The molecule has 0 spiro atoms. The van der Waals surface area contributed by atoms with E-state index in [0.29, 0.717) is 0 Å². The highest BCUT2D eigenvalue weighted by Crippen LogP contribution is 2.24. The van der Waals surface area contributed by atoms with E-state index in [4.69, 9.17) is 11.6 Å². The maximum atomic E-state index is 13.5. The van der Waals surface area contributed by atoms with Gasteiger partial charge in [-0.05, 0) is 43.3 Å². The van der Waals surface area contributed by atoms with E-state index in [9.17, 15) is 4.39 Å². The van der Waals surface area contributed by atoms with Crippen molar-refractivity contribution in [1.82, 2.24) is 10.3 Å². The fourth-order valence-corrected chi connectivity index (χ4v) is 1.99. The van der Waals surface area contributed by atoms with Crippen LogP contribution in [0.2, 0.25) is 5.02 Å². The minimum absolute atomic E-state index is 0.0927. The number of aryl methyl sites for hydroxylation is 1. The summed E-state index contributed by atoms with van der Waals surface area (Å²) in [5.74, 6) is -0.408. The van der Waals surface area contributed by atoms with Gasteiger partial charge in [-0.25, -0.2) is 4.39 Å². The lowest BCUT2D eigenvalue weighted by molar-refractivity contribution is 0.617. The predicted octanol–water partition coefficient (Wildman–Crippen LogP) is 3.49. The number of aromatic nitrogens is 1. The Hall–Kier alpha value is -1.45. The van der Waals surface area contributed by atoms with Crippen molar-refractivity contribution >= 4 is 11.6 Å². The number of nitrogens with zero attached hydrogens (tertiary/aromatic N) is 1. The number of hydrogen-bond donors (Lipinski definition) is 1. The van der Waals surface area contributed by atoms with Crippen LogP contribution in [0, 0.1) is 12.7 Å². The molecule has 2 aromatic rings. The van der Waals surface area contributed by atoms with Gasteiger partial charge in [0, 0.05) is 11.9 Å². The molecule has 1 atom stereocenters. The van der Waals surface area contributed by atoms with E-state index >= 15 is 0 Å². The minimum atomic E-state index is -0.408. The Morgan fingerprint density at radius 2 is 1.94 bits per heavy atom. The van der Waals surface area contributed by atoms with Gasteiger partial charge in [-0.1, -0.05) is 23.7 Å². The fourth-order valence-electron chi connectivity index (χ4n) is 1.87. The summed E-state index contributed by atoms with van der Waals surface area (Å²) in [6.07, 6.45) is 1.79. The molecule has 0 aliphatic rings. The summed E-state index contributed by atoms with van der Waals surface area (Å²) in [6.45, 7) is 1.93. The SMILES string of the molecule is CNC(c1ccc(C)nc1)c1ccc(Cl)c(F)c1. The Kier molecular flexibility index (Phi) is 3.94. The first-order valence-corrected chi connectivity index (χ1v) is 6.04. The summed E-state index contributed by atoms with van der Waals surface area (Å²) in [7, 11) is 1.83. The van der Waals surface area contributed by atoms with Gasteiger partial charge < -0.3 is 5.32 Å². The van der Waals surface area contributed by atoms with Crippen LogP contribution < -0.4 is 5.32 Å². The van der Waals surface area contributed by atoms with Crippen LogP contribution in [0.1, 0.15) is 22.9 Å². The topological polar surface area (TPSA) is 24.9 Å². The molecule has 2 rings (SSSR count). The standard InChI is InChI=1S/C14H14ClFN2/c1-9-3-4-11(8-18-9)14(17-2)10-5-6-12(15)13(16)7-10/h3-8,14,17H,1-2H3. The zero-order valence-corrected chi connectivity index (χ0v) is 11.0. The molecular weight excluding hydrogens is 251 g/mol. The second-order valence-corrected chi connectivity index (χ2v) is 4.54. The minimum Gasteiger partial charge on any atom is -0.309 e. The first kappa shape index (κ1) is 13.0. The number of nitrogens with one attached hydrogen (secondary N) is 1. The molecule has 2 nitrogen and oxygen atoms in total. The lowest BCUT2D eigenvalue weighted by atomic mass is 10.00. The highest BCUT2D eigenvalue weighted by molar-refractivity contribution is 6.30. The maximum absolute atomic E-state index is 13.5. The quantitative estimate of drug-likeness (QED) is 0.918. The molecule has 0 amide bonds. The van der Waals surface area contributed by atoms with Crippen molar-refractivity contribution in [3.05, 3.63) is 64.2 Å². The number of rotatable bonds is 3. The van der Waals surface area contributed by atoms with Crippen molar-refractivity contribution in [3.63, 3.8) is 0 Å². The zero-order valence-electron chi connectivity index (χ0n) is 10.2. The molecule has 1 aromatic carbocycles. The number of benzene rings is 1. The van der Waals surface area contributed by atoms with Crippen molar-refractivity contribution in [1.29, 1.82) is 0 Å². The van der Waals surface area contributed by atoms with Gasteiger partial charge >= 0.3 is 0 Å². The average molecular weight is 265 g/mol. The Labute approximate surface area is 111 Å². The molecule has 0 bridgehead atoms. The molecule has 0 fully saturated rings. The third-order valence-electron chi connectivity index (χ3n) is 2.83. The third-order valence-corrected chi connectivity index (χ3v) is 3.14. The Bertz CT molecular complexity index is 540. The molecule has 1 aromatic heterocycles. The van der Waals surface area contributed by atoms with Crippen LogP contribution in [0.15, 0.2) is 36.5 Å². The molecule has 18 heavy (non-hydrogen) atoms. The summed E-state index contributed by atoms with van der Waals surface area (Å²) in [5.41, 5.74) is 2.77. The monoisotopic (exact) mass is 264 g/mol. The Morgan fingerprint density at radius 1 is 1.22 bits per heavy atom. The van der Waals surface area contributed by atoms with Gasteiger partial charge in [0.1, 0.15) is 5.82 Å². The van der Waals surface area contributed by atoms with Gasteiger partial charge in [-0.2, -0.15) is 0 Å². The van der Waals surface area contributed by atoms with Gasteiger partial charge in [0.05, 0.1) is 11.1 Å². The van der Waals surface area contributed by atoms with Crippen molar-refractivity contribution in [2.24, 2.45) is 0 Å². The van der Waals surface area contributed by atoms with E-state index in [-0.39, 0.29) is 11.1 Å². The van der Waals surface area contributed by atoms with E-state index in [1.807, 2.05) is 32.2 Å². The molecule has 1 N–H and O–H groups in total. The molecule has 94 valence electrons. The summed E-state index contributed by atoms with van der Waals surface area (Å²) in [6, 6.07) is 8.65. The van der Waals surface area contributed by atoms with Crippen molar-refractivity contribution in [3.8, 4) is 0 Å². The largest absolute Gasteiger partial charge is 0.309 e. The van der Waals surface area contributed by atoms with E-state index in [1.165, 1.54) is 6.07 Å². The maximum Gasteiger partial charge on any atom is 0.142 e. The van der Waals surface area contributed by atoms with E-state index in [2.05, 4.69) is 10.3 Å². The molecule has 1 unspecified atom stereocenters. The fraction of sp³-hybridized carbons (Fsp3) is 0.214. The van der Waals surface area contributed by atoms with Crippen LogP contribution in [0.5, 0.6) is 0 Å². The summed E-state index contributed by atoms with van der Waals surface area (Å²) in [4.78, 5) is 4.25. The Morgan fingerprint density at radius 3 is 2.50 bits per heavy atom. The molecule has 0 aliphatic carbocycles. The van der Waals surface area contributed by atoms with Gasteiger partial charge in [0.2, 0.25) is 0 Å². The van der Waals surface area contributed by atoms with Crippen molar-refractivity contribution in [2.45, 2.75) is 13.0 Å². The number of hydrogen-bond acceptors (Lipinski definition) is 2. The molecular formula is C14H14ClFN2. The second-order valence-electron chi connectivity index (χ2n) is 4.13. The number of pyridine rings is 1. The van der Waals surface area contributed by atoms with Crippen LogP contribution in [0.3, 0.4) is 0 Å². The van der Waals surface area contributed by atoms with Crippen LogP contribution in [-0.4, -0.2) is 12.0 Å². The van der Waals surface area contributed by atoms with Crippen LogP contribution in [0.25, 0.3) is 0 Å². The third kappa shape index (κ3) is 2.68. The smallest absolute Gasteiger partial charge is 0.142 e. The van der Waals surface area contributed by atoms with Crippen molar-refractivity contribution < 1.29 is 4.39 Å². The lowest BCUT2D eigenvalue weighted by Crippen LogP contribution is -2.18. The van der Waals surface area contributed by atoms with Gasteiger partial charge in [0.15, 0.2) is 0 Å². The first-order chi connectivity index (χ1) is 8.61. The molecule has 0 radical (unpaired) electrons. The summed E-state index contributed by atoms with van der Waals surface area (Å²) in [5, 5.41) is 3.29. The molecule has 0 saturated heterocycles.